The zero-order valence-electron chi connectivity index (χ0n) is 12.2. The number of nitrogens with zero attached hydrogens (tertiary/aromatic N) is 1. The van der Waals surface area contributed by atoms with Gasteiger partial charge in [-0.05, 0) is 36.5 Å². The number of esters is 1. The Labute approximate surface area is 124 Å². The van der Waals surface area contributed by atoms with Crippen LogP contribution in [0.4, 0.5) is 0 Å². The van der Waals surface area contributed by atoms with Crippen molar-refractivity contribution in [1.29, 1.82) is 0 Å². The van der Waals surface area contributed by atoms with Crippen molar-refractivity contribution in [3.05, 3.63) is 41.1 Å². The minimum Gasteiger partial charge on any atom is -0.406 e. The van der Waals surface area contributed by atoms with Crippen molar-refractivity contribution in [2.24, 2.45) is 10.9 Å². The minimum atomic E-state index is -0.351. The molecule has 1 aromatic carbocycles. The predicted octanol–water partition coefficient (Wildman–Crippen LogP) is 2.97. The maximum absolute atomic E-state index is 11.9. The van der Waals surface area contributed by atoms with E-state index in [-0.39, 0.29) is 11.9 Å². The number of carbonyl (C=O) groups excluding carboxylic acids is 1. The minimum absolute atomic E-state index is 0.205. The largest absolute Gasteiger partial charge is 0.406 e. The first-order chi connectivity index (χ1) is 10.3. The van der Waals surface area contributed by atoms with E-state index in [1.807, 2.05) is 12.1 Å². The van der Waals surface area contributed by atoms with Crippen molar-refractivity contribution < 1.29 is 14.3 Å². The first-order valence-electron chi connectivity index (χ1n) is 7.45. The van der Waals surface area contributed by atoms with Gasteiger partial charge in [0.25, 0.3) is 0 Å². The van der Waals surface area contributed by atoms with E-state index in [1.165, 1.54) is 5.56 Å². The van der Waals surface area contributed by atoms with E-state index in [1.54, 1.807) is 6.08 Å². The first-order valence-corrected chi connectivity index (χ1v) is 7.45. The summed E-state index contributed by atoms with van der Waals surface area (Å²) in [4.78, 5) is 16.3. The molecular weight excluding hydrogens is 266 g/mol. The van der Waals surface area contributed by atoms with E-state index >= 15 is 0 Å². The molecule has 0 amide bonds. The van der Waals surface area contributed by atoms with Crippen molar-refractivity contribution in [2.45, 2.75) is 26.2 Å². The fourth-order valence-electron chi connectivity index (χ4n) is 2.55. The average molecular weight is 285 g/mol. The number of rotatable bonds is 3. The highest BCUT2D eigenvalue weighted by Gasteiger charge is 2.30. The van der Waals surface area contributed by atoms with Gasteiger partial charge in [-0.3, -0.25) is 0 Å². The summed E-state index contributed by atoms with van der Waals surface area (Å²) >= 11 is 0. The topological polar surface area (TPSA) is 47.9 Å². The second-order valence-electron chi connectivity index (χ2n) is 5.35. The monoisotopic (exact) mass is 285 g/mol. The Morgan fingerprint density at radius 2 is 1.95 bits per heavy atom. The molecule has 0 bridgehead atoms. The summed E-state index contributed by atoms with van der Waals surface area (Å²) in [7, 11) is 0. The van der Waals surface area contributed by atoms with Gasteiger partial charge in [0.2, 0.25) is 5.90 Å². The molecule has 4 nitrogen and oxygen atoms in total. The number of aliphatic imine (C=N–C) groups is 1. The molecule has 4 heteroatoms. The Morgan fingerprint density at radius 3 is 2.62 bits per heavy atom. The maximum Gasteiger partial charge on any atom is 0.363 e. The summed E-state index contributed by atoms with van der Waals surface area (Å²) < 4.78 is 10.6. The summed E-state index contributed by atoms with van der Waals surface area (Å²) in [5.74, 6) is 0.409. The lowest BCUT2D eigenvalue weighted by Gasteiger charge is -2.20. The van der Waals surface area contributed by atoms with Crippen molar-refractivity contribution in [3.63, 3.8) is 0 Å². The molecule has 0 spiro atoms. The molecule has 1 fully saturated rings. The van der Waals surface area contributed by atoms with Crippen LogP contribution in [0.5, 0.6) is 0 Å². The normalized spacial score (nSPS) is 21.5. The number of carbonyl (C=O) groups is 1. The van der Waals surface area contributed by atoms with E-state index in [4.69, 9.17) is 9.47 Å². The summed E-state index contributed by atoms with van der Waals surface area (Å²) in [6, 6.07) is 8.13. The summed E-state index contributed by atoms with van der Waals surface area (Å²) in [6.45, 7) is 3.53. The van der Waals surface area contributed by atoms with Crippen LogP contribution in [0.2, 0.25) is 0 Å². The van der Waals surface area contributed by atoms with Gasteiger partial charge in [-0.2, -0.15) is 0 Å². The van der Waals surface area contributed by atoms with Crippen molar-refractivity contribution in [1.82, 2.24) is 0 Å². The lowest BCUT2D eigenvalue weighted by atomic mass is 10.0. The third-order valence-electron chi connectivity index (χ3n) is 3.90. The Balaban J connectivity index is 1.78. The molecule has 2 aliphatic heterocycles. The number of aryl methyl sites for hydroxylation is 1. The SMILES string of the molecule is CCc1ccc(/C=C2/N=C(C3CCOCC3)OC2=O)cc1. The van der Waals surface area contributed by atoms with E-state index in [9.17, 15) is 4.79 Å². The molecule has 0 atom stereocenters. The van der Waals surface area contributed by atoms with Crippen LogP contribution in [0.3, 0.4) is 0 Å². The third kappa shape index (κ3) is 3.22. The van der Waals surface area contributed by atoms with Gasteiger partial charge in [0.05, 0.1) is 0 Å². The van der Waals surface area contributed by atoms with Gasteiger partial charge in [-0.1, -0.05) is 31.2 Å². The Hall–Kier alpha value is -1.94. The molecule has 21 heavy (non-hydrogen) atoms. The van der Waals surface area contributed by atoms with Crippen molar-refractivity contribution >= 4 is 17.9 Å². The molecule has 0 aliphatic carbocycles. The van der Waals surface area contributed by atoms with Gasteiger partial charge < -0.3 is 9.47 Å². The second-order valence-corrected chi connectivity index (χ2v) is 5.35. The standard InChI is InChI=1S/C17H19NO3/c1-2-12-3-5-13(6-4-12)11-15-17(19)21-16(18-15)14-7-9-20-10-8-14/h3-6,11,14H,2,7-10H2,1H3/b15-11+. The van der Waals surface area contributed by atoms with E-state index < -0.39 is 0 Å². The average Bonchev–Trinajstić information content (AvgIpc) is 2.90. The fourth-order valence-corrected chi connectivity index (χ4v) is 2.55. The highest BCUT2D eigenvalue weighted by Crippen LogP contribution is 2.24. The molecule has 2 aliphatic rings. The van der Waals surface area contributed by atoms with Crippen LogP contribution < -0.4 is 0 Å². The highest BCUT2D eigenvalue weighted by molar-refractivity contribution is 6.07. The molecule has 1 saturated heterocycles. The lowest BCUT2D eigenvalue weighted by molar-refractivity contribution is -0.130. The summed E-state index contributed by atoms with van der Waals surface area (Å²) in [5.41, 5.74) is 2.63. The van der Waals surface area contributed by atoms with Crippen LogP contribution in [0.15, 0.2) is 35.0 Å². The second kappa shape index (κ2) is 6.22. The fraction of sp³-hybridized carbons (Fsp3) is 0.412. The van der Waals surface area contributed by atoms with Gasteiger partial charge in [0.15, 0.2) is 5.70 Å². The number of ether oxygens (including phenoxy) is 2. The maximum atomic E-state index is 11.9. The summed E-state index contributed by atoms with van der Waals surface area (Å²) in [5, 5.41) is 0. The van der Waals surface area contributed by atoms with Gasteiger partial charge in [-0.25, -0.2) is 9.79 Å². The number of cyclic esters (lactones) is 1. The quantitative estimate of drug-likeness (QED) is 0.633. The third-order valence-corrected chi connectivity index (χ3v) is 3.90. The summed E-state index contributed by atoms with van der Waals surface area (Å²) in [6.07, 6.45) is 4.52. The molecule has 0 N–H and O–H groups in total. The van der Waals surface area contributed by atoms with E-state index in [0.29, 0.717) is 24.8 Å². The van der Waals surface area contributed by atoms with Gasteiger partial charge in [-0.15, -0.1) is 0 Å². The zero-order valence-corrected chi connectivity index (χ0v) is 12.2. The molecule has 0 unspecified atom stereocenters. The number of hydrogen-bond acceptors (Lipinski definition) is 4. The van der Waals surface area contributed by atoms with Gasteiger partial charge >= 0.3 is 5.97 Å². The Bertz CT molecular complexity index is 581. The number of benzene rings is 1. The molecule has 0 aromatic heterocycles. The van der Waals surface area contributed by atoms with Gasteiger partial charge in [0.1, 0.15) is 0 Å². The van der Waals surface area contributed by atoms with E-state index in [2.05, 4.69) is 24.0 Å². The van der Waals surface area contributed by atoms with Crippen LogP contribution in [0, 0.1) is 5.92 Å². The van der Waals surface area contributed by atoms with Crippen LogP contribution in [-0.4, -0.2) is 25.1 Å². The zero-order chi connectivity index (χ0) is 14.7. The molecule has 0 saturated carbocycles. The van der Waals surface area contributed by atoms with Crippen molar-refractivity contribution in [3.8, 4) is 0 Å². The molecule has 0 radical (unpaired) electrons. The first kappa shape index (κ1) is 14.0. The van der Waals surface area contributed by atoms with Crippen LogP contribution >= 0.6 is 0 Å². The lowest BCUT2D eigenvalue weighted by Crippen LogP contribution is -2.24. The molecule has 3 rings (SSSR count). The number of hydrogen-bond donors (Lipinski definition) is 0. The Morgan fingerprint density at radius 1 is 1.24 bits per heavy atom. The van der Waals surface area contributed by atoms with Gasteiger partial charge in [0, 0.05) is 19.1 Å². The molecular formula is C17H19NO3. The van der Waals surface area contributed by atoms with Crippen LogP contribution in [0.1, 0.15) is 30.9 Å². The van der Waals surface area contributed by atoms with Crippen molar-refractivity contribution in [2.75, 3.05) is 13.2 Å². The Kier molecular flexibility index (Phi) is 4.15. The predicted molar refractivity (Wildman–Crippen MR) is 80.9 cm³/mol. The van der Waals surface area contributed by atoms with Crippen LogP contribution in [0.25, 0.3) is 6.08 Å². The molecule has 2 heterocycles. The molecule has 110 valence electrons. The van der Waals surface area contributed by atoms with E-state index in [0.717, 1.165) is 24.8 Å². The smallest absolute Gasteiger partial charge is 0.363 e. The highest BCUT2D eigenvalue weighted by atomic mass is 16.6. The van der Waals surface area contributed by atoms with Crippen LogP contribution in [-0.2, 0) is 20.7 Å². The molecule has 1 aromatic rings.